The highest BCUT2D eigenvalue weighted by atomic mass is 14.2. The standard InChI is InChI=1S/3C25H20/c1-19-10-8-9-15-25(19)24-17-22(20-11-4-2-5-12-20)16-23(18-24)21-13-6-3-7-14-21;1-19-9-8-14-22(15-19)25-17-23(20-10-4-2-5-11-20)16-24(18-25)21-12-6-3-7-13-21;1-19-12-14-22(15-13-19)25-17-23(20-8-4-2-5-9-20)16-24(18-25)21-10-6-3-7-11-21/h3*2-18H,1H3. The van der Waals surface area contributed by atoms with Crippen LogP contribution < -0.4 is 0 Å². The van der Waals surface area contributed by atoms with Gasteiger partial charge in [0.15, 0.2) is 0 Å². The quantitative estimate of drug-likeness (QED) is 0.135. The Hall–Kier alpha value is -9.36. The van der Waals surface area contributed by atoms with Crippen LogP contribution in [-0.4, -0.2) is 0 Å². The molecule has 0 aliphatic heterocycles. The summed E-state index contributed by atoms with van der Waals surface area (Å²) in [7, 11) is 0. The summed E-state index contributed by atoms with van der Waals surface area (Å²) in [5, 5.41) is 0. The van der Waals surface area contributed by atoms with E-state index in [1.165, 1.54) is 117 Å². The number of hydrogen-bond donors (Lipinski definition) is 0. The predicted molar refractivity (Wildman–Crippen MR) is 322 cm³/mol. The minimum atomic E-state index is 1.24. The number of aryl methyl sites for hydroxylation is 3. The van der Waals surface area contributed by atoms with Crippen molar-refractivity contribution in [2.45, 2.75) is 20.8 Å². The maximum Gasteiger partial charge on any atom is -0.0154 e. The Kier molecular flexibility index (Phi) is 15.7. The number of benzene rings is 12. The molecule has 12 aromatic carbocycles. The van der Waals surface area contributed by atoms with Gasteiger partial charge in [0.2, 0.25) is 0 Å². The third-order valence-electron chi connectivity index (χ3n) is 13.6. The van der Waals surface area contributed by atoms with Crippen LogP contribution in [0.25, 0.3) is 100 Å². The second-order valence-electron chi connectivity index (χ2n) is 19.1. The van der Waals surface area contributed by atoms with Crippen molar-refractivity contribution in [3.05, 3.63) is 326 Å². The zero-order valence-electron chi connectivity index (χ0n) is 42.9. The van der Waals surface area contributed by atoms with E-state index in [-0.39, 0.29) is 0 Å². The van der Waals surface area contributed by atoms with Crippen molar-refractivity contribution in [3.8, 4) is 100 Å². The van der Waals surface area contributed by atoms with E-state index in [4.69, 9.17) is 0 Å². The van der Waals surface area contributed by atoms with Crippen LogP contribution in [0, 0.1) is 20.8 Å². The molecule has 0 bridgehead atoms. The fourth-order valence-corrected chi connectivity index (χ4v) is 9.62. The molecular weight excluding hydrogens is 901 g/mol. The van der Waals surface area contributed by atoms with Crippen molar-refractivity contribution in [2.75, 3.05) is 0 Å². The van der Waals surface area contributed by atoms with Crippen LogP contribution in [0.1, 0.15) is 16.7 Å². The minimum absolute atomic E-state index is 1.24. The summed E-state index contributed by atoms with van der Waals surface area (Å²) in [5.74, 6) is 0. The van der Waals surface area contributed by atoms with Gasteiger partial charge < -0.3 is 0 Å². The van der Waals surface area contributed by atoms with Gasteiger partial charge in [0, 0.05) is 0 Å². The second-order valence-corrected chi connectivity index (χ2v) is 19.1. The van der Waals surface area contributed by atoms with Gasteiger partial charge in [-0.1, -0.05) is 266 Å². The van der Waals surface area contributed by atoms with Gasteiger partial charge >= 0.3 is 0 Å². The van der Waals surface area contributed by atoms with Crippen LogP contribution in [0.3, 0.4) is 0 Å². The molecule has 0 saturated heterocycles. The molecule has 0 heterocycles. The maximum absolute atomic E-state index is 2.30. The first-order chi connectivity index (χ1) is 36.9. The van der Waals surface area contributed by atoms with Gasteiger partial charge in [-0.05, 0) is 181 Å². The minimum Gasteiger partial charge on any atom is -0.0622 e. The van der Waals surface area contributed by atoms with Crippen LogP contribution in [0.5, 0.6) is 0 Å². The van der Waals surface area contributed by atoms with E-state index in [1.807, 2.05) is 0 Å². The van der Waals surface area contributed by atoms with Crippen molar-refractivity contribution in [1.29, 1.82) is 0 Å². The monoisotopic (exact) mass is 960 g/mol. The Balaban J connectivity index is 0.000000128. The molecule has 0 aliphatic rings. The molecule has 0 aromatic heterocycles. The lowest BCUT2D eigenvalue weighted by atomic mass is 9.92. The van der Waals surface area contributed by atoms with E-state index < -0.39 is 0 Å². The molecule has 12 rings (SSSR count). The molecule has 0 nitrogen and oxygen atoms in total. The van der Waals surface area contributed by atoms with Crippen LogP contribution in [-0.2, 0) is 0 Å². The predicted octanol–water partition coefficient (Wildman–Crippen LogP) is 21.0. The highest BCUT2D eigenvalue weighted by Gasteiger charge is 2.11. The SMILES string of the molecule is Cc1ccc(-c2cc(-c3ccccc3)cc(-c3ccccc3)c2)cc1.Cc1cccc(-c2cc(-c3ccccc3)cc(-c3ccccc3)c2)c1.Cc1ccccc1-c1cc(-c2ccccc2)cc(-c2ccccc2)c1. The molecule has 12 aromatic rings. The van der Waals surface area contributed by atoms with Crippen molar-refractivity contribution in [1.82, 2.24) is 0 Å². The highest BCUT2D eigenvalue weighted by Crippen LogP contribution is 2.37. The van der Waals surface area contributed by atoms with Gasteiger partial charge in [0.25, 0.3) is 0 Å². The summed E-state index contributed by atoms with van der Waals surface area (Å²) >= 11 is 0. The van der Waals surface area contributed by atoms with Crippen LogP contribution in [0.15, 0.2) is 309 Å². The molecule has 0 unspecified atom stereocenters. The lowest BCUT2D eigenvalue weighted by molar-refractivity contribution is 1.46. The Morgan fingerprint density at radius 2 is 0.400 bits per heavy atom. The van der Waals surface area contributed by atoms with Gasteiger partial charge in [0.1, 0.15) is 0 Å². The fourth-order valence-electron chi connectivity index (χ4n) is 9.62. The molecule has 0 aliphatic carbocycles. The van der Waals surface area contributed by atoms with E-state index >= 15 is 0 Å². The zero-order valence-corrected chi connectivity index (χ0v) is 42.9. The van der Waals surface area contributed by atoms with E-state index in [9.17, 15) is 0 Å². The van der Waals surface area contributed by atoms with Gasteiger partial charge in [-0.15, -0.1) is 0 Å². The molecule has 0 N–H and O–H groups in total. The van der Waals surface area contributed by atoms with Gasteiger partial charge in [-0.25, -0.2) is 0 Å². The van der Waals surface area contributed by atoms with Crippen molar-refractivity contribution in [2.24, 2.45) is 0 Å². The summed E-state index contributed by atoms with van der Waals surface area (Å²) in [6, 6.07) is 110. The first-order valence-electron chi connectivity index (χ1n) is 25.9. The van der Waals surface area contributed by atoms with E-state index in [0.717, 1.165) is 0 Å². The summed E-state index contributed by atoms with van der Waals surface area (Å²) in [6.45, 7) is 6.44. The Morgan fingerprint density at radius 3 is 0.707 bits per heavy atom. The molecule has 0 heteroatoms. The van der Waals surface area contributed by atoms with Gasteiger partial charge in [-0.3, -0.25) is 0 Å². The number of hydrogen-bond acceptors (Lipinski definition) is 0. The maximum atomic E-state index is 2.30. The second kappa shape index (κ2) is 23.9. The third kappa shape index (κ3) is 12.6. The molecule has 75 heavy (non-hydrogen) atoms. The van der Waals surface area contributed by atoms with Crippen molar-refractivity contribution in [3.63, 3.8) is 0 Å². The van der Waals surface area contributed by atoms with E-state index in [1.54, 1.807) is 0 Å². The summed E-state index contributed by atoms with van der Waals surface area (Å²) in [5.41, 5.74) is 26.4. The molecule has 0 atom stereocenters. The lowest BCUT2D eigenvalue weighted by Crippen LogP contribution is -1.87. The number of rotatable bonds is 9. The summed E-state index contributed by atoms with van der Waals surface area (Å²) < 4.78 is 0. The fraction of sp³-hybridized carbons (Fsp3) is 0.0400. The Labute approximate surface area is 444 Å². The largest absolute Gasteiger partial charge is 0.0622 e. The Morgan fingerprint density at radius 1 is 0.147 bits per heavy atom. The third-order valence-corrected chi connectivity index (χ3v) is 13.6. The molecular formula is C75H60. The average molecular weight is 961 g/mol. The van der Waals surface area contributed by atoms with Crippen molar-refractivity contribution >= 4 is 0 Å². The van der Waals surface area contributed by atoms with Crippen LogP contribution in [0.4, 0.5) is 0 Å². The first-order valence-corrected chi connectivity index (χ1v) is 25.9. The Bertz CT molecular complexity index is 3550. The summed E-state index contributed by atoms with van der Waals surface area (Å²) in [4.78, 5) is 0. The highest BCUT2D eigenvalue weighted by molar-refractivity contribution is 5.84. The van der Waals surface area contributed by atoms with Crippen LogP contribution in [0.2, 0.25) is 0 Å². The average Bonchev–Trinajstić information content (AvgIpc) is 3.49. The smallest absolute Gasteiger partial charge is 0.0154 e. The van der Waals surface area contributed by atoms with Gasteiger partial charge in [0.05, 0.1) is 0 Å². The zero-order chi connectivity index (χ0) is 51.2. The van der Waals surface area contributed by atoms with Gasteiger partial charge in [-0.2, -0.15) is 0 Å². The summed E-state index contributed by atoms with van der Waals surface area (Å²) in [6.07, 6.45) is 0. The molecule has 0 amide bonds. The van der Waals surface area contributed by atoms with E-state index in [2.05, 4.69) is 330 Å². The van der Waals surface area contributed by atoms with Crippen LogP contribution >= 0.6 is 0 Å². The molecule has 0 radical (unpaired) electrons. The molecule has 0 spiro atoms. The first kappa shape index (κ1) is 49.2. The lowest BCUT2D eigenvalue weighted by Gasteiger charge is -2.12. The molecule has 0 fully saturated rings. The van der Waals surface area contributed by atoms with E-state index in [0.29, 0.717) is 0 Å². The van der Waals surface area contributed by atoms with Crippen molar-refractivity contribution < 1.29 is 0 Å². The molecule has 0 saturated carbocycles. The topological polar surface area (TPSA) is 0 Å². The molecule has 360 valence electrons. The normalized spacial score (nSPS) is 10.6.